The highest BCUT2D eigenvalue weighted by Crippen LogP contribution is 2.42. The molecule has 3 rings (SSSR count). The number of hydrogen-bond acceptors (Lipinski definition) is 0. The van der Waals surface area contributed by atoms with Crippen molar-refractivity contribution in [2.75, 3.05) is 0 Å². The van der Waals surface area contributed by atoms with Crippen molar-refractivity contribution in [1.29, 1.82) is 0 Å². The fourth-order valence-corrected chi connectivity index (χ4v) is 3.43. The minimum Gasteiger partial charge on any atom is -0.211 e. The second kappa shape index (κ2) is 7.36. The predicted octanol–water partition coefficient (Wildman–Crippen LogP) is 6.88. The van der Waals surface area contributed by atoms with E-state index in [2.05, 4.69) is 13.0 Å². The lowest BCUT2D eigenvalue weighted by Crippen LogP contribution is -2.20. The first kappa shape index (κ1) is 17.0. The van der Waals surface area contributed by atoms with E-state index in [0.717, 1.165) is 29.8 Å². The summed E-state index contributed by atoms with van der Waals surface area (Å²) in [4.78, 5) is 0. The molecule has 0 nitrogen and oxygen atoms in total. The highest BCUT2D eigenvalue weighted by atomic mass is 35.5. The van der Waals surface area contributed by atoms with Crippen LogP contribution >= 0.6 is 11.6 Å². The van der Waals surface area contributed by atoms with Gasteiger partial charge in [-0.3, -0.25) is 0 Å². The monoisotopic (exact) mass is 340 g/mol. The van der Waals surface area contributed by atoms with E-state index in [1.807, 2.05) is 66.7 Å². The lowest BCUT2D eigenvalue weighted by molar-refractivity contribution is 0.403. The van der Waals surface area contributed by atoms with E-state index in [9.17, 15) is 4.39 Å². The summed E-state index contributed by atoms with van der Waals surface area (Å²) in [5, 5.41) is 0.748. The van der Waals surface area contributed by atoms with E-state index in [1.165, 1.54) is 5.56 Å². The Bertz CT molecular complexity index is 730. The van der Waals surface area contributed by atoms with Crippen LogP contribution < -0.4 is 0 Å². The van der Waals surface area contributed by atoms with Crippen molar-refractivity contribution in [3.8, 4) is 0 Å². The second-order valence-corrected chi connectivity index (χ2v) is 6.93. The molecule has 1 aliphatic carbocycles. The summed E-state index contributed by atoms with van der Waals surface area (Å²) in [5.41, 5.74) is 2.04. The Hall–Kier alpha value is -1.86. The molecule has 2 atom stereocenters. The van der Waals surface area contributed by atoms with Crippen LogP contribution in [-0.2, 0) is 6.42 Å². The Morgan fingerprint density at radius 2 is 1.75 bits per heavy atom. The van der Waals surface area contributed by atoms with Crippen molar-refractivity contribution in [3.63, 3.8) is 0 Å². The molecular weight excluding hydrogens is 319 g/mol. The number of halogens is 2. The summed E-state index contributed by atoms with van der Waals surface area (Å²) in [6, 6.07) is 17.7. The molecule has 2 heteroatoms. The van der Waals surface area contributed by atoms with Gasteiger partial charge < -0.3 is 0 Å². The Morgan fingerprint density at radius 3 is 2.38 bits per heavy atom. The highest BCUT2D eigenvalue weighted by Gasteiger charge is 2.29. The largest absolute Gasteiger partial charge is 0.211 e. The van der Waals surface area contributed by atoms with Crippen LogP contribution in [0, 0.1) is 5.41 Å². The quantitative estimate of drug-likeness (QED) is 0.520. The number of benzene rings is 2. The lowest BCUT2D eigenvalue weighted by Gasteiger charge is -2.31. The van der Waals surface area contributed by atoms with E-state index in [4.69, 9.17) is 11.6 Å². The molecule has 0 saturated heterocycles. The summed E-state index contributed by atoms with van der Waals surface area (Å²) in [6.07, 6.45) is 8.76. The molecule has 0 saturated carbocycles. The van der Waals surface area contributed by atoms with E-state index in [1.54, 1.807) is 0 Å². The van der Waals surface area contributed by atoms with Crippen LogP contribution in [0.5, 0.6) is 0 Å². The van der Waals surface area contributed by atoms with Crippen molar-refractivity contribution < 1.29 is 4.39 Å². The van der Waals surface area contributed by atoms with E-state index >= 15 is 0 Å². The minimum atomic E-state index is -0.249. The van der Waals surface area contributed by atoms with Crippen LogP contribution in [0.2, 0.25) is 5.02 Å². The maximum absolute atomic E-state index is 14.8. The molecule has 2 aromatic carbocycles. The second-order valence-electron chi connectivity index (χ2n) is 6.49. The van der Waals surface area contributed by atoms with Gasteiger partial charge in [0.15, 0.2) is 0 Å². The fraction of sp³-hybridized carbons (Fsp3) is 0.273. The molecule has 0 radical (unpaired) electrons. The third kappa shape index (κ3) is 3.79. The first-order chi connectivity index (χ1) is 11.6. The Balaban J connectivity index is 1.75. The SMILES string of the molecule is CCC1(CCc2ccc(Cl)cc2)C=CC(c2ccccc2)C(F)=C1. The topological polar surface area (TPSA) is 0 Å². The van der Waals surface area contributed by atoms with E-state index in [0.29, 0.717) is 0 Å². The Labute approximate surface area is 148 Å². The Morgan fingerprint density at radius 1 is 1.04 bits per heavy atom. The van der Waals surface area contributed by atoms with Gasteiger partial charge in [-0.15, -0.1) is 0 Å². The zero-order chi connectivity index (χ0) is 17.0. The number of hydrogen-bond donors (Lipinski definition) is 0. The standard InChI is InChI=1S/C22H22ClF/c1-2-22(14-12-17-8-10-19(23)11-9-17)15-13-20(21(24)16-22)18-6-4-3-5-7-18/h3-11,13,15-16,20H,2,12,14H2,1H3. The van der Waals surface area contributed by atoms with Crippen molar-refractivity contribution in [2.24, 2.45) is 5.41 Å². The molecule has 1 aliphatic rings. The molecule has 0 amide bonds. The van der Waals surface area contributed by atoms with E-state index in [-0.39, 0.29) is 17.2 Å². The van der Waals surface area contributed by atoms with Crippen LogP contribution in [-0.4, -0.2) is 0 Å². The molecular formula is C22H22ClF. The van der Waals surface area contributed by atoms with Crippen LogP contribution in [0.1, 0.15) is 36.8 Å². The highest BCUT2D eigenvalue weighted by molar-refractivity contribution is 6.30. The molecule has 0 aromatic heterocycles. The summed E-state index contributed by atoms with van der Waals surface area (Å²) in [5.74, 6) is -0.289. The van der Waals surface area contributed by atoms with E-state index < -0.39 is 0 Å². The molecule has 0 heterocycles. The fourth-order valence-electron chi connectivity index (χ4n) is 3.30. The van der Waals surface area contributed by atoms with Gasteiger partial charge in [0.25, 0.3) is 0 Å². The molecule has 0 N–H and O–H groups in total. The number of aryl methyl sites for hydroxylation is 1. The third-order valence-electron chi connectivity index (χ3n) is 4.95. The van der Waals surface area contributed by atoms with Gasteiger partial charge in [0, 0.05) is 10.4 Å². The summed E-state index contributed by atoms with van der Waals surface area (Å²) >= 11 is 5.94. The van der Waals surface area contributed by atoms with Crippen molar-refractivity contribution in [1.82, 2.24) is 0 Å². The van der Waals surface area contributed by atoms with Gasteiger partial charge in [-0.05, 0) is 48.6 Å². The molecule has 2 unspecified atom stereocenters. The average Bonchev–Trinajstić information content (AvgIpc) is 2.62. The normalized spacial score (nSPS) is 23.1. The maximum atomic E-state index is 14.8. The molecule has 2 aromatic rings. The van der Waals surface area contributed by atoms with Gasteiger partial charge in [-0.1, -0.05) is 73.1 Å². The summed E-state index contributed by atoms with van der Waals surface area (Å²) in [6.45, 7) is 2.12. The molecule has 0 spiro atoms. The summed E-state index contributed by atoms with van der Waals surface area (Å²) < 4.78 is 14.8. The van der Waals surface area contributed by atoms with Gasteiger partial charge in [0.2, 0.25) is 0 Å². The molecule has 0 fully saturated rings. The summed E-state index contributed by atoms with van der Waals surface area (Å²) in [7, 11) is 0. The smallest absolute Gasteiger partial charge is 0.108 e. The van der Waals surface area contributed by atoms with Crippen LogP contribution in [0.25, 0.3) is 0 Å². The van der Waals surface area contributed by atoms with Crippen LogP contribution in [0.15, 0.2) is 78.7 Å². The van der Waals surface area contributed by atoms with Crippen molar-refractivity contribution in [2.45, 2.75) is 32.1 Å². The Kier molecular flexibility index (Phi) is 5.20. The molecule has 24 heavy (non-hydrogen) atoms. The van der Waals surface area contributed by atoms with Crippen molar-refractivity contribution >= 4 is 11.6 Å². The lowest BCUT2D eigenvalue weighted by atomic mass is 9.74. The molecule has 0 aliphatic heterocycles. The maximum Gasteiger partial charge on any atom is 0.108 e. The first-order valence-electron chi connectivity index (χ1n) is 8.49. The van der Waals surface area contributed by atoms with Gasteiger partial charge in [0.05, 0.1) is 5.92 Å². The zero-order valence-electron chi connectivity index (χ0n) is 13.9. The number of allylic oxidation sites excluding steroid dienone is 4. The molecule has 124 valence electrons. The third-order valence-corrected chi connectivity index (χ3v) is 5.20. The predicted molar refractivity (Wildman–Crippen MR) is 100 cm³/mol. The van der Waals surface area contributed by atoms with Crippen LogP contribution in [0.4, 0.5) is 4.39 Å². The van der Waals surface area contributed by atoms with Crippen LogP contribution in [0.3, 0.4) is 0 Å². The first-order valence-corrected chi connectivity index (χ1v) is 8.87. The van der Waals surface area contributed by atoms with Gasteiger partial charge in [-0.25, -0.2) is 4.39 Å². The van der Waals surface area contributed by atoms with Gasteiger partial charge in [0.1, 0.15) is 5.83 Å². The number of rotatable bonds is 5. The van der Waals surface area contributed by atoms with Crippen molar-refractivity contribution in [3.05, 3.63) is 94.8 Å². The zero-order valence-corrected chi connectivity index (χ0v) is 14.6. The minimum absolute atomic E-state index is 0.0401. The van der Waals surface area contributed by atoms with Gasteiger partial charge in [-0.2, -0.15) is 0 Å². The molecule has 0 bridgehead atoms. The van der Waals surface area contributed by atoms with Gasteiger partial charge >= 0.3 is 0 Å². The average molecular weight is 341 g/mol.